The molecule has 0 saturated heterocycles. The number of hydrogen-bond acceptors (Lipinski definition) is 2. The number of nitrogens with one attached hydrogen (secondary N) is 1. The molecule has 2 aromatic carbocycles. The topological polar surface area (TPSA) is 55.1 Å². The fraction of sp³-hybridized carbons (Fsp3) is 0.133. The third kappa shape index (κ3) is 3.83. The van der Waals surface area contributed by atoms with Gasteiger partial charge in [0.1, 0.15) is 0 Å². The van der Waals surface area contributed by atoms with Crippen LogP contribution in [-0.2, 0) is 11.2 Å². The molecule has 0 spiro atoms. The van der Waals surface area contributed by atoms with E-state index in [1.165, 1.54) is 0 Å². The van der Waals surface area contributed by atoms with Crippen molar-refractivity contribution in [3.63, 3.8) is 0 Å². The molecule has 98 valence electrons. The molecular formula is C15H15BrN2O. The van der Waals surface area contributed by atoms with Gasteiger partial charge < -0.3 is 11.1 Å². The van der Waals surface area contributed by atoms with Crippen molar-refractivity contribution in [2.75, 3.05) is 11.1 Å². The molecular weight excluding hydrogens is 304 g/mol. The number of nitrogens with two attached hydrogens (primary N) is 1. The van der Waals surface area contributed by atoms with Gasteiger partial charge in [0.05, 0.1) is 17.8 Å². The first-order valence-corrected chi connectivity index (χ1v) is 6.74. The smallest absolute Gasteiger partial charge is 0.228 e. The second-order valence-corrected chi connectivity index (χ2v) is 5.36. The van der Waals surface area contributed by atoms with Crippen molar-refractivity contribution >= 4 is 33.2 Å². The first-order valence-electron chi connectivity index (χ1n) is 5.95. The summed E-state index contributed by atoms with van der Waals surface area (Å²) in [6.07, 6.45) is 0.326. The van der Waals surface area contributed by atoms with Gasteiger partial charge in [0.25, 0.3) is 0 Å². The fourth-order valence-electron chi connectivity index (χ4n) is 1.82. The van der Waals surface area contributed by atoms with Crippen LogP contribution in [0.2, 0.25) is 0 Å². The van der Waals surface area contributed by atoms with E-state index >= 15 is 0 Å². The highest BCUT2D eigenvalue weighted by atomic mass is 79.9. The molecule has 0 aliphatic carbocycles. The Kier molecular flexibility index (Phi) is 4.22. The van der Waals surface area contributed by atoms with E-state index < -0.39 is 0 Å². The minimum Gasteiger partial charge on any atom is -0.397 e. The van der Waals surface area contributed by atoms with E-state index in [2.05, 4.69) is 21.2 Å². The molecule has 0 radical (unpaired) electrons. The average molecular weight is 319 g/mol. The zero-order chi connectivity index (χ0) is 13.8. The molecule has 0 aliphatic rings. The summed E-state index contributed by atoms with van der Waals surface area (Å²) in [5.74, 6) is -0.0753. The highest BCUT2D eigenvalue weighted by Gasteiger charge is 2.06. The van der Waals surface area contributed by atoms with Crippen molar-refractivity contribution in [1.82, 2.24) is 0 Å². The molecule has 3 nitrogen and oxygen atoms in total. The monoisotopic (exact) mass is 318 g/mol. The maximum Gasteiger partial charge on any atom is 0.228 e. The minimum absolute atomic E-state index is 0.0753. The van der Waals surface area contributed by atoms with E-state index in [9.17, 15) is 4.79 Å². The number of anilines is 2. The summed E-state index contributed by atoms with van der Waals surface area (Å²) >= 11 is 3.39. The maximum absolute atomic E-state index is 11.9. The largest absolute Gasteiger partial charge is 0.397 e. The first-order chi connectivity index (χ1) is 9.04. The minimum atomic E-state index is -0.0753. The Bertz CT molecular complexity index is 611. The Morgan fingerprint density at radius 2 is 2.05 bits per heavy atom. The van der Waals surface area contributed by atoms with Crippen LogP contribution in [0.3, 0.4) is 0 Å². The molecule has 4 heteroatoms. The molecule has 3 N–H and O–H groups in total. The van der Waals surface area contributed by atoms with Crippen LogP contribution in [0.4, 0.5) is 11.4 Å². The van der Waals surface area contributed by atoms with E-state index in [0.717, 1.165) is 15.6 Å². The van der Waals surface area contributed by atoms with Crippen molar-refractivity contribution < 1.29 is 4.79 Å². The lowest BCUT2D eigenvalue weighted by atomic mass is 10.1. The molecule has 0 heterocycles. The summed E-state index contributed by atoms with van der Waals surface area (Å²) in [5.41, 5.74) is 9.14. The molecule has 0 fully saturated rings. The fourth-order valence-corrected chi connectivity index (χ4v) is 2.27. The molecule has 2 rings (SSSR count). The zero-order valence-corrected chi connectivity index (χ0v) is 12.2. The van der Waals surface area contributed by atoms with Gasteiger partial charge in [0.2, 0.25) is 5.91 Å². The van der Waals surface area contributed by atoms with E-state index in [-0.39, 0.29) is 5.91 Å². The number of nitrogen functional groups attached to an aromatic ring is 1. The van der Waals surface area contributed by atoms with Crippen molar-refractivity contribution in [1.29, 1.82) is 0 Å². The van der Waals surface area contributed by atoms with Gasteiger partial charge in [-0.15, -0.1) is 0 Å². The summed E-state index contributed by atoms with van der Waals surface area (Å²) in [7, 11) is 0. The van der Waals surface area contributed by atoms with E-state index in [0.29, 0.717) is 17.8 Å². The zero-order valence-electron chi connectivity index (χ0n) is 10.6. The highest BCUT2D eigenvalue weighted by molar-refractivity contribution is 9.10. The van der Waals surface area contributed by atoms with Crippen molar-refractivity contribution in [2.45, 2.75) is 13.3 Å². The molecule has 0 aromatic heterocycles. The van der Waals surface area contributed by atoms with E-state index in [1.807, 2.05) is 49.4 Å². The summed E-state index contributed by atoms with van der Waals surface area (Å²) in [4.78, 5) is 11.9. The standard InChI is InChI=1S/C15H15BrN2O/c1-10-5-6-14(13(17)7-10)18-15(19)9-11-3-2-4-12(16)8-11/h2-8H,9,17H2,1H3,(H,18,19). The number of carbonyl (C=O) groups is 1. The van der Waals surface area contributed by atoms with Crippen molar-refractivity contribution in [3.8, 4) is 0 Å². The van der Waals surface area contributed by atoms with Gasteiger partial charge in [-0.1, -0.05) is 34.1 Å². The van der Waals surface area contributed by atoms with Crippen LogP contribution in [0, 0.1) is 6.92 Å². The number of amides is 1. The molecule has 0 saturated carbocycles. The van der Waals surface area contributed by atoms with Crippen molar-refractivity contribution in [3.05, 3.63) is 58.1 Å². The lowest BCUT2D eigenvalue weighted by Crippen LogP contribution is -2.15. The van der Waals surface area contributed by atoms with Gasteiger partial charge in [0.15, 0.2) is 0 Å². The Morgan fingerprint density at radius 1 is 1.26 bits per heavy atom. The quantitative estimate of drug-likeness (QED) is 0.851. The van der Waals surface area contributed by atoms with Gasteiger partial charge in [0, 0.05) is 4.47 Å². The average Bonchev–Trinajstić information content (AvgIpc) is 2.33. The van der Waals surface area contributed by atoms with Crippen LogP contribution in [0.1, 0.15) is 11.1 Å². The van der Waals surface area contributed by atoms with Gasteiger partial charge in [-0.2, -0.15) is 0 Å². The molecule has 19 heavy (non-hydrogen) atoms. The summed E-state index contributed by atoms with van der Waals surface area (Å²) in [6, 6.07) is 13.3. The van der Waals surface area contributed by atoms with E-state index in [4.69, 9.17) is 5.73 Å². The Hall–Kier alpha value is -1.81. The summed E-state index contributed by atoms with van der Waals surface area (Å²) < 4.78 is 0.965. The molecule has 1 amide bonds. The van der Waals surface area contributed by atoms with Gasteiger partial charge in [-0.25, -0.2) is 0 Å². The second kappa shape index (κ2) is 5.89. The second-order valence-electron chi connectivity index (χ2n) is 4.45. The SMILES string of the molecule is Cc1ccc(NC(=O)Cc2cccc(Br)c2)c(N)c1. The molecule has 2 aromatic rings. The van der Waals surface area contributed by atoms with Crippen LogP contribution in [-0.4, -0.2) is 5.91 Å². The van der Waals surface area contributed by atoms with Crippen LogP contribution in [0.5, 0.6) is 0 Å². The lowest BCUT2D eigenvalue weighted by molar-refractivity contribution is -0.115. The van der Waals surface area contributed by atoms with Crippen molar-refractivity contribution in [2.24, 2.45) is 0 Å². The third-order valence-electron chi connectivity index (χ3n) is 2.73. The Labute approximate surface area is 121 Å². The van der Waals surface area contributed by atoms with Gasteiger partial charge in [-0.3, -0.25) is 4.79 Å². The van der Waals surface area contributed by atoms with E-state index in [1.54, 1.807) is 0 Å². The van der Waals surface area contributed by atoms with Crippen LogP contribution in [0.15, 0.2) is 46.9 Å². The van der Waals surface area contributed by atoms with Crippen LogP contribution in [0.25, 0.3) is 0 Å². The Morgan fingerprint density at radius 3 is 2.74 bits per heavy atom. The van der Waals surface area contributed by atoms with Gasteiger partial charge in [-0.05, 0) is 42.3 Å². The van der Waals surface area contributed by atoms with Gasteiger partial charge >= 0.3 is 0 Å². The summed E-state index contributed by atoms with van der Waals surface area (Å²) in [6.45, 7) is 1.96. The number of carbonyl (C=O) groups excluding carboxylic acids is 1. The predicted molar refractivity (Wildman–Crippen MR) is 82.1 cm³/mol. The number of hydrogen-bond donors (Lipinski definition) is 2. The molecule has 0 atom stereocenters. The van der Waals surface area contributed by atoms with Crippen LogP contribution < -0.4 is 11.1 Å². The molecule has 0 aliphatic heterocycles. The van der Waals surface area contributed by atoms with Crippen LogP contribution >= 0.6 is 15.9 Å². The summed E-state index contributed by atoms with van der Waals surface area (Å²) in [5, 5.41) is 2.83. The number of benzene rings is 2. The Balaban J connectivity index is 2.05. The normalized spacial score (nSPS) is 10.2. The number of halogens is 1. The third-order valence-corrected chi connectivity index (χ3v) is 3.23. The molecule has 0 unspecified atom stereocenters. The highest BCUT2D eigenvalue weighted by Crippen LogP contribution is 2.20. The first kappa shape index (κ1) is 13.6. The molecule has 0 bridgehead atoms. The maximum atomic E-state index is 11.9. The predicted octanol–water partition coefficient (Wildman–Crippen LogP) is 3.52. The number of rotatable bonds is 3. The number of aryl methyl sites for hydroxylation is 1. The lowest BCUT2D eigenvalue weighted by Gasteiger charge is -2.09.